The van der Waals surface area contributed by atoms with E-state index in [9.17, 15) is 9.59 Å². The molecule has 0 aromatic carbocycles. The molecule has 0 radical (unpaired) electrons. The van der Waals surface area contributed by atoms with Gasteiger partial charge in [-0.3, -0.25) is 9.97 Å². The first-order valence-electron chi connectivity index (χ1n) is 24.3. The Balaban J connectivity index is 0.000000214. The van der Waals surface area contributed by atoms with Gasteiger partial charge in [-0.25, -0.2) is 49.5 Å². The molecule has 8 aromatic heterocycles. The molecular formula is C54H66N10O4S4. The summed E-state index contributed by atoms with van der Waals surface area (Å²) in [6.07, 6.45) is 8.01. The summed E-state index contributed by atoms with van der Waals surface area (Å²) in [5, 5.41) is 7.55. The highest BCUT2D eigenvalue weighted by molar-refractivity contribution is 7.23. The summed E-state index contributed by atoms with van der Waals surface area (Å²) in [6.45, 7) is 25.9. The summed E-state index contributed by atoms with van der Waals surface area (Å²) >= 11 is 5.81. The summed E-state index contributed by atoms with van der Waals surface area (Å²) in [5.41, 5.74) is 11.8. The molecule has 0 aliphatic heterocycles. The van der Waals surface area contributed by atoms with Gasteiger partial charge in [0.25, 0.3) is 0 Å². The molecule has 0 saturated heterocycles. The molecule has 0 aliphatic rings. The van der Waals surface area contributed by atoms with E-state index in [-0.39, 0.29) is 7.40 Å². The molecule has 0 saturated carbocycles. The monoisotopic (exact) mass is 1050 g/mol. The molecule has 72 heavy (non-hydrogen) atoms. The van der Waals surface area contributed by atoms with Gasteiger partial charge in [-0.1, -0.05) is 74.1 Å². The SMILES string of the molecule is C=COC(=O)c1sc(-c2nc(CC)c(C(=O)OCC)s2)nc1CC.CCc1cc(C)nc(-c2nc(C)cc(CC)n2)n1.CCc1cccc(-c2cccc(CC)n2)n1.CCc1csc(-c2nc(CC)cs2)n1.[HH]. The predicted octanol–water partition coefficient (Wildman–Crippen LogP) is 13.4. The van der Waals surface area contributed by atoms with Crippen molar-refractivity contribution >= 4 is 57.3 Å². The van der Waals surface area contributed by atoms with Gasteiger partial charge >= 0.3 is 11.9 Å². The molecule has 0 unspecified atom stereocenters. The fourth-order valence-electron chi connectivity index (χ4n) is 6.61. The second-order valence-electron chi connectivity index (χ2n) is 15.7. The molecule has 0 atom stereocenters. The van der Waals surface area contributed by atoms with Crippen molar-refractivity contribution in [1.29, 1.82) is 0 Å². The summed E-state index contributed by atoms with van der Waals surface area (Å²) in [5.74, 6) is 0.399. The highest BCUT2D eigenvalue weighted by Gasteiger charge is 2.24. The minimum Gasteiger partial charge on any atom is -0.462 e. The highest BCUT2D eigenvalue weighted by atomic mass is 32.1. The lowest BCUT2D eigenvalue weighted by molar-refractivity contribution is 0.0530. The van der Waals surface area contributed by atoms with Crippen LogP contribution in [0.15, 0.2) is 72.1 Å². The Hall–Kier alpha value is -6.34. The number of ether oxygens (including phenoxy) is 2. The van der Waals surface area contributed by atoms with E-state index >= 15 is 0 Å². The van der Waals surface area contributed by atoms with Gasteiger partial charge in [0.2, 0.25) is 0 Å². The molecule has 0 spiro atoms. The van der Waals surface area contributed by atoms with Gasteiger partial charge in [-0.2, -0.15) is 0 Å². The van der Waals surface area contributed by atoms with Crippen LogP contribution in [0, 0.1) is 13.8 Å². The summed E-state index contributed by atoms with van der Waals surface area (Å²) < 4.78 is 9.91. The van der Waals surface area contributed by atoms with E-state index < -0.39 is 5.97 Å². The van der Waals surface area contributed by atoms with E-state index in [0.717, 1.165) is 100 Å². The third-order valence-electron chi connectivity index (χ3n) is 10.4. The van der Waals surface area contributed by atoms with Crippen LogP contribution in [0.5, 0.6) is 0 Å². The molecule has 0 amide bonds. The Morgan fingerprint density at radius 2 is 0.917 bits per heavy atom. The maximum absolute atomic E-state index is 12.0. The third kappa shape index (κ3) is 15.8. The van der Waals surface area contributed by atoms with Crippen LogP contribution in [-0.4, -0.2) is 68.4 Å². The molecule has 18 heteroatoms. The number of thiazole rings is 4. The fourth-order valence-corrected chi connectivity index (χ4v) is 10.6. The van der Waals surface area contributed by atoms with E-state index in [0.29, 0.717) is 62.3 Å². The van der Waals surface area contributed by atoms with Crippen LogP contribution >= 0.6 is 45.3 Å². The Bertz CT molecular complexity index is 2900. The van der Waals surface area contributed by atoms with Gasteiger partial charge in [0.15, 0.2) is 31.7 Å². The van der Waals surface area contributed by atoms with E-state index in [1.54, 1.807) is 29.6 Å². The molecule has 0 bridgehead atoms. The standard InChI is InChI=1S/C16H18N2O4S2.C14H18N4.C14H16N2.C10H12N2S2.H2/c1-5-9-11(15(19)21-7-3)23-13(17-9)14-18-10(6-2)12(24-14)16(20)22-8-4;1-5-11-7-9(3)15-13(17-11)14-16-10(4)8-12(6-2)18-14;1-3-11-7-5-9-13(15-11)14-10-6-8-12(4-2)16-14;1-3-7-5-13-9(11-7)10-12-8(4-2)6-14-10;/h7H,3,5-6,8H2,1-2,4H3;7-8H,5-6H2,1-4H3;5-10H,3-4H2,1-2H3;5-6H,3-4H2,1-2H3;1H. The third-order valence-corrected chi connectivity index (χ3v) is 14.7. The predicted molar refractivity (Wildman–Crippen MR) is 295 cm³/mol. The Morgan fingerprint density at radius 3 is 1.28 bits per heavy atom. The zero-order valence-corrected chi connectivity index (χ0v) is 46.4. The zero-order chi connectivity index (χ0) is 52.2. The van der Waals surface area contributed by atoms with Crippen molar-refractivity contribution in [2.45, 2.75) is 128 Å². The second kappa shape index (κ2) is 28.6. The normalized spacial score (nSPS) is 10.5. The number of esters is 2. The number of nitrogens with zero attached hydrogens (tertiary/aromatic N) is 10. The van der Waals surface area contributed by atoms with Crippen molar-refractivity contribution in [3.05, 3.63) is 139 Å². The van der Waals surface area contributed by atoms with Gasteiger partial charge in [-0.05, 0) is 109 Å². The largest absolute Gasteiger partial charge is 0.462 e. The lowest BCUT2D eigenvalue weighted by atomic mass is 10.2. The van der Waals surface area contributed by atoms with Crippen LogP contribution in [0.3, 0.4) is 0 Å². The molecular weight excluding hydrogens is 981 g/mol. The Morgan fingerprint density at radius 1 is 0.500 bits per heavy atom. The molecule has 14 nitrogen and oxygen atoms in total. The van der Waals surface area contributed by atoms with Gasteiger partial charge in [0, 0.05) is 46.4 Å². The Kier molecular flexibility index (Phi) is 22.5. The maximum atomic E-state index is 12.0. The zero-order valence-electron chi connectivity index (χ0n) is 43.2. The fraction of sp³-hybridized carbons (Fsp3) is 0.370. The van der Waals surface area contributed by atoms with Crippen molar-refractivity contribution < 1.29 is 20.5 Å². The Labute approximate surface area is 441 Å². The van der Waals surface area contributed by atoms with Crippen LogP contribution in [0.4, 0.5) is 0 Å². The van der Waals surface area contributed by atoms with Crippen molar-refractivity contribution in [3.8, 4) is 43.1 Å². The number of hydrogen-bond donors (Lipinski definition) is 0. The number of hydrogen-bond acceptors (Lipinski definition) is 18. The topological polar surface area (TPSA) is 181 Å². The van der Waals surface area contributed by atoms with Crippen molar-refractivity contribution in [2.24, 2.45) is 0 Å². The number of aromatic nitrogens is 10. The van der Waals surface area contributed by atoms with E-state index in [1.165, 1.54) is 34.1 Å². The van der Waals surface area contributed by atoms with E-state index in [4.69, 9.17) is 9.47 Å². The molecule has 0 N–H and O–H groups in total. The molecule has 0 aliphatic carbocycles. The summed E-state index contributed by atoms with van der Waals surface area (Å²) in [7, 11) is 0. The first-order chi connectivity index (χ1) is 34.8. The van der Waals surface area contributed by atoms with Crippen LogP contribution in [0.2, 0.25) is 0 Å². The van der Waals surface area contributed by atoms with Crippen LogP contribution in [0.1, 0.15) is 140 Å². The van der Waals surface area contributed by atoms with Crippen molar-refractivity contribution in [2.75, 3.05) is 6.61 Å². The highest BCUT2D eigenvalue weighted by Crippen LogP contribution is 2.34. The minimum absolute atomic E-state index is 0. The van der Waals surface area contributed by atoms with Gasteiger partial charge < -0.3 is 9.47 Å². The first kappa shape index (κ1) is 56.6. The lowest BCUT2D eigenvalue weighted by Crippen LogP contribution is -2.05. The number of rotatable bonds is 16. The quantitative estimate of drug-likeness (QED) is 0.0658. The van der Waals surface area contributed by atoms with Crippen LogP contribution in [0.25, 0.3) is 43.1 Å². The number of carbonyl (C=O) groups is 2. The van der Waals surface area contributed by atoms with Crippen molar-refractivity contribution in [1.82, 2.24) is 49.8 Å². The smallest absolute Gasteiger partial charge is 0.355 e. The maximum Gasteiger partial charge on any atom is 0.355 e. The molecule has 8 rings (SSSR count). The molecule has 8 aromatic rings. The van der Waals surface area contributed by atoms with E-state index in [2.05, 4.69) is 109 Å². The van der Waals surface area contributed by atoms with Crippen LogP contribution in [-0.2, 0) is 60.8 Å². The number of carbonyl (C=O) groups excluding carboxylic acids is 2. The molecule has 380 valence electrons. The van der Waals surface area contributed by atoms with Gasteiger partial charge in [-0.15, -0.1) is 45.3 Å². The summed E-state index contributed by atoms with van der Waals surface area (Å²) in [6, 6.07) is 16.2. The number of aryl methyl sites for hydroxylation is 10. The summed E-state index contributed by atoms with van der Waals surface area (Å²) in [4.78, 5) is 69.9. The average molecular weight is 1050 g/mol. The minimum atomic E-state index is -0.483. The van der Waals surface area contributed by atoms with Gasteiger partial charge in [0.1, 0.15) is 9.75 Å². The van der Waals surface area contributed by atoms with Gasteiger partial charge in [0.05, 0.1) is 47.0 Å². The first-order valence-corrected chi connectivity index (χ1v) is 27.7. The second-order valence-corrected chi connectivity index (χ2v) is 19.4. The van der Waals surface area contributed by atoms with Crippen LogP contribution < -0.4 is 0 Å². The lowest BCUT2D eigenvalue weighted by Gasteiger charge is -2.06. The number of pyridine rings is 2. The average Bonchev–Trinajstić information content (AvgIpc) is 4.26. The van der Waals surface area contributed by atoms with Crippen molar-refractivity contribution in [3.63, 3.8) is 0 Å². The molecule has 8 heterocycles. The van der Waals surface area contributed by atoms with E-state index in [1.807, 2.05) is 76.2 Å². The molecule has 0 fully saturated rings.